The Labute approximate surface area is 177 Å². The van der Waals surface area contributed by atoms with Crippen LogP contribution in [0.4, 0.5) is 5.69 Å². The molecule has 0 bridgehead atoms. The van der Waals surface area contributed by atoms with Crippen LogP contribution in [0, 0.1) is 20.8 Å². The number of rotatable bonds is 7. The first-order valence-corrected chi connectivity index (χ1v) is 9.99. The highest BCUT2D eigenvalue weighted by Gasteiger charge is 2.25. The molecular formula is C23H30N2O5. The molecule has 0 saturated heterocycles. The monoisotopic (exact) mass is 414 g/mol. The van der Waals surface area contributed by atoms with Gasteiger partial charge in [-0.1, -0.05) is 32.0 Å². The first-order valence-electron chi connectivity index (χ1n) is 9.99. The molecule has 0 aliphatic heterocycles. The van der Waals surface area contributed by atoms with Gasteiger partial charge in [-0.05, 0) is 57.2 Å². The van der Waals surface area contributed by atoms with E-state index < -0.39 is 24.5 Å². The first-order chi connectivity index (χ1) is 14.0. The zero-order valence-electron chi connectivity index (χ0n) is 18.6. The fraction of sp³-hybridized carbons (Fsp3) is 0.435. The third kappa shape index (κ3) is 5.28. The number of aromatic nitrogens is 1. The SMILES string of the molecule is Cc1cccc(C(C)C)c1NC(=O)COC(=O)c1[nH]c(C)c(C(=O)OC(C)C)c1C. The van der Waals surface area contributed by atoms with Gasteiger partial charge in [0.25, 0.3) is 5.91 Å². The molecule has 2 rings (SSSR count). The summed E-state index contributed by atoms with van der Waals surface area (Å²) in [6, 6.07) is 5.82. The van der Waals surface area contributed by atoms with Gasteiger partial charge in [-0.3, -0.25) is 4.79 Å². The van der Waals surface area contributed by atoms with Crippen LogP contribution < -0.4 is 5.32 Å². The Morgan fingerprint density at radius 3 is 2.30 bits per heavy atom. The average molecular weight is 415 g/mol. The van der Waals surface area contributed by atoms with E-state index in [4.69, 9.17) is 9.47 Å². The van der Waals surface area contributed by atoms with Crippen molar-refractivity contribution >= 4 is 23.5 Å². The molecule has 30 heavy (non-hydrogen) atoms. The lowest BCUT2D eigenvalue weighted by Crippen LogP contribution is -2.22. The van der Waals surface area contributed by atoms with Gasteiger partial charge in [-0.15, -0.1) is 0 Å². The van der Waals surface area contributed by atoms with Crippen LogP contribution in [0.3, 0.4) is 0 Å². The van der Waals surface area contributed by atoms with Gasteiger partial charge in [-0.25, -0.2) is 9.59 Å². The number of hydrogen-bond acceptors (Lipinski definition) is 5. The van der Waals surface area contributed by atoms with Crippen molar-refractivity contribution < 1.29 is 23.9 Å². The van der Waals surface area contributed by atoms with E-state index in [0.717, 1.165) is 16.8 Å². The number of esters is 2. The molecule has 1 heterocycles. The van der Waals surface area contributed by atoms with Crippen molar-refractivity contribution in [3.8, 4) is 0 Å². The van der Waals surface area contributed by atoms with Crippen molar-refractivity contribution in [2.75, 3.05) is 11.9 Å². The van der Waals surface area contributed by atoms with E-state index in [0.29, 0.717) is 16.8 Å². The first kappa shape index (κ1) is 23.2. The molecule has 0 spiro atoms. The van der Waals surface area contributed by atoms with E-state index in [-0.39, 0.29) is 17.7 Å². The van der Waals surface area contributed by atoms with Crippen molar-refractivity contribution in [2.24, 2.45) is 0 Å². The van der Waals surface area contributed by atoms with E-state index in [1.807, 2.05) is 39.0 Å². The van der Waals surface area contributed by atoms with E-state index in [9.17, 15) is 14.4 Å². The molecule has 1 aromatic heterocycles. The number of para-hydroxylation sites is 1. The average Bonchev–Trinajstić information content (AvgIpc) is 2.95. The predicted molar refractivity (Wildman–Crippen MR) is 115 cm³/mol. The normalized spacial score (nSPS) is 11.0. The third-order valence-electron chi connectivity index (χ3n) is 4.71. The van der Waals surface area contributed by atoms with Gasteiger partial charge in [0.1, 0.15) is 5.69 Å². The summed E-state index contributed by atoms with van der Waals surface area (Å²) in [5, 5.41) is 2.84. The fourth-order valence-corrected chi connectivity index (χ4v) is 3.25. The minimum absolute atomic E-state index is 0.134. The van der Waals surface area contributed by atoms with Gasteiger partial charge in [0.2, 0.25) is 0 Å². The summed E-state index contributed by atoms with van der Waals surface area (Å²) in [5.74, 6) is -1.41. The van der Waals surface area contributed by atoms with Crippen LogP contribution in [-0.2, 0) is 14.3 Å². The van der Waals surface area contributed by atoms with Crippen LogP contribution in [-0.4, -0.2) is 35.5 Å². The number of hydrogen-bond donors (Lipinski definition) is 2. The largest absolute Gasteiger partial charge is 0.459 e. The van der Waals surface area contributed by atoms with Crippen molar-refractivity contribution in [1.29, 1.82) is 0 Å². The molecule has 0 radical (unpaired) electrons. The van der Waals surface area contributed by atoms with Crippen LogP contribution >= 0.6 is 0 Å². The maximum absolute atomic E-state index is 12.5. The highest BCUT2D eigenvalue weighted by molar-refractivity contribution is 6.00. The number of benzene rings is 1. The molecule has 7 heteroatoms. The molecule has 1 aromatic carbocycles. The lowest BCUT2D eigenvalue weighted by atomic mass is 9.98. The molecule has 0 aliphatic rings. The second kappa shape index (κ2) is 9.61. The van der Waals surface area contributed by atoms with Crippen molar-refractivity contribution in [1.82, 2.24) is 4.98 Å². The highest BCUT2D eigenvalue weighted by atomic mass is 16.5. The van der Waals surface area contributed by atoms with Gasteiger partial charge in [0.05, 0.1) is 11.7 Å². The summed E-state index contributed by atoms with van der Waals surface area (Å²) in [5.41, 5.74) is 4.07. The standard InChI is InChI=1S/C23H30N2O5/c1-12(2)17-10-8-9-14(5)20(17)25-18(26)11-29-23(28)21-15(6)19(16(7)24-21)22(27)30-13(3)4/h8-10,12-13,24H,11H2,1-7H3,(H,25,26). The molecule has 2 N–H and O–H groups in total. The van der Waals surface area contributed by atoms with Crippen LogP contribution in [0.5, 0.6) is 0 Å². The van der Waals surface area contributed by atoms with E-state index >= 15 is 0 Å². The van der Waals surface area contributed by atoms with Crippen LogP contribution in [0.15, 0.2) is 18.2 Å². The summed E-state index contributed by atoms with van der Waals surface area (Å²) in [7, 11) is 0. The number of nitrogens with one attached hydrogen (secondary N) is 2. The van der Waals surface area contributed by atoms with Crippen LogP contribution in [0.25, 0.3) is 0 Å². The molecule has 162 valence electrons. The Bertz CT molecular complexity index is 957. The number of amides is 1. The van der Waals surface area contributed by atoms with Crippen molar-refractivity contribution in [3.63, 3.8) is 0 Å². The van der Waals surface area contributed by atoms with Crippen LogP contribution in [0.1, 0.15) is 76.8 Å². The molecular weight excluding hydrogens is 384 g/mol. The molecule has 0 unspecified atom stereocenters. The number of carbonyl (C=O) groups excluding carboxylic acids is 3. The second-order valence-electron chi connectivity index (χ2n) is 7.90. The summed E-state index contributed by atoms with van der Waals surface area (Å²) in [4.78, 5) is 40.0. The number of aromatic amines is 1. The molecule has 0 aliphatic carbocycles. The lowest BCUT2D eigenvalue weighted by Gasteiger charge is -2.16. The zero-order valence-corrected chi connectivity index (χ0v) is 18.6. The Balaban J connectivity index is 2.08. The summed E-state index contributed by atoms with van der Waals surface area (Å²) < 4.78 is 10.4. The lowest BCUT2D eigenvalue weighted by molar-refractivity contribution is -0.119. The number of H-pyrrole nitrogens is 1. The van der Waals surface area contributed by atoms with E-state index in [1.165, 1.54) is 0 Å². The maximum atomic E-state index is 12.5. The van der Waals surface area contributed by atoms with Gasteiger partial charge < -0.3 is 19.8 Å². The molecule has 0 fully saturated rings. The number of ether oxygens (including phenoxy) is 2. The van der Waals surface area contributed by atoms with Gasteiger partial charge >= 0.3 is 11.9 Å². The molecule has 1 amide bonds. The van der Waals surface area contributed by atoms with E-state index in [2.05, 4.69) is 10.3 Å². The molecule has 0 saturated carbocycles. The molecule has 2 aromatic rings. The third-order valence-corrected chi connectivity index (χ3v) is 4.71. The smallest absolute Gasteiger partial charge is 0.355 e. The Kier molecular flexibility index (Phi) is 7.43. The summed E-state index contributed by atoms with van der Waals surface area (Å²) in [6.07, 6.45) is -0.275. The number of anilines is 1. The summed E-state index contributed by atoms with van der Waals surface area (Å²) >= 11 is 0. The van der Waals surface area contributed by atoms with Gasteiger partial charge in [-0.2, -0.15) is 0 Å². The zero-order chi connectivity index (χ0) is 22.6. The highest BCUT2D eigenvalue weighted by Crippen LogP contribution is 2.27. The number of aryl methyl sites for hydroxylation is 2. The Hall–Kier alpha value is -3.09. The number of carbonyl (C=O) groups is 3. The van der Waals surface area contributed by atoms with E-state index in [1.54, 1.807) is 27.7 Å². The molecule has 0 atom stereocenters. The quantitative estimate of drug-likeness (QED) is 0.654. The Morgan fingerprint density at radius 2 is 1.70 bits per heavy atom. The molecule has 7 nitrogen and oxygen atoms in total. The van der Waals surface area contributed by atoms with Gasteiger partial charge in [0.15, 0.2) is 6.61 Å². The van der Waals surface area contributed by atoms with Crippen molar-refractivity contribution in [3.05, 3.63) is 51.8 Å². The fourth-order valence-electron chi connectivity index (χ4n) is 3.25. The van der Waals surface area contributed by atoms with Crippen molar-refractivity contribution in [2.45, 2.75) is 60.5 Å². The Morgan fingerprint density at radius 1 is 1.03 bits per heavy atom. The topological polar surface area (TPSA) is 97.5 Å². The summed E-state index contributed by atoms with van der Waals surface area (Å²) in [6.45, 7) is 12.4. The minimum atomic E-state index is -0.705. The van der Waals surface area contributed by atoms with Gasteiger partial charge in [0, 0.05) is 11.4 Å². The second-order valence-corrected chi connectivity index (χ2v) is 7.90. The maximum Gasteiger partial charge on any atom is 0.355 e. The predicted octanol–water partition coefficient (Wildman–Crippen LogP) is 4.42. The van der Waals surface area contributed by atoms with Crippen LogP contribution in [0.2, 0.25) is 0 Å². The minimum Gasteiger partial charge on any atom is -0.459 e.